The zero-order chi connectivity index (χ0) is 15.1. The van der Waals surface area contributed by atoms with Crippen molar-refractivity contribution in [2.45, 2.75) is 4.90 Å². The molecule has 1 amide bonds. The lowest BCUT2D eigenvalue weighted by molar-refractivity contribution is -0.112. The summed E-state index contributed by atoms with van der Waals surface area (Å²) in [5, 5.41) is 4.00. The number of aromatic nitrogens is 1. The van der Waals surface area contributed by atoms with Gasteiger partial charge in [-0.25, -0.2) is 0 Å². The molecule has 0 saturated carbocycles. The van der Waals surface area contributed by atoms with E-state index in [0.717, 1.165) is 27.0 Å². The van der Waals surface area contributed by atoms with Crippen molar-refractivity contribution in [2.24, 2.45) is 0 Å². The van der Waals surface area contributed by atoms with E-state index in [9.17, 15) is 4.79 Å². The maximum absolute atomic E-state index is 12.3. The fraction of sp³-hybridized carbons (Fsp3) is 0. The van der Waals surface area contributed by atoms with E-state index >= 15 is 0 Å². The molecule has 0 saturated heterocycles. The van der Waals surface area contributed by atoms with Crippen molar-refractivity contribution in [1.29, 1.82) is 0 Å². The number of carbonyl (C=O) groups is 1. The average molecular weight is 307 g/mol. The number of aromatic amines is 1. The van der Waals surface area contributed by atoms with E-state index in [1.54, 1.807) is 6.07 Å². The first-order valence-electron chi connectivity index (χ1n) is 6.87. The Morgan fingerprint density at radius 2 is 2.00 bits per heavy atom. The van der Waals surface area contributed by atoms with Crippen molar-refractivity contribution in [3.8, 4) is 0 Å². The van der Waals surface area contributed by atoms with Gasteiger partial charge in [0.1, 0.15) is 0 Å². The van der Waals surface area contributed by atoms with Crippen LogP contribution >= 0.6 is 11.8 Å². The number of hydrogen-bond donors (Lipinski definition) is 3. The fourth-order valence-electron chi connectivity index (χ4n) is 2.52. The highest BCUT2D eigenvalue weighted by Gasteiger charge is 2.21. The molecular weight excluding hydrogens is 294 g/mol. The Morgan fingerprint density at radius 3 is 2.91 bits per heavy atom. The number of nitrogens with one attached hydrogen (secondary N) is 2. The lowest BCUT2D eigenvalue weighted by Crippen LogP contribution is -2.17. The van der Waals surface area contributed by atoms with Crippen LogP contribution in [0.15, 0.2) is 58.5 Å². The molecule has 22 heavy (non-hydrogen) atoms. The Balaban J connectivity index is 1.78. The van der Waals surface area contributed by atoms with Gasteiger partial charge in [-0.3, -0.25) is 4.79 Å². The molecule has 0 atom stereocenters. The lowest BCUT2D eigenvalue weighted by Gasteiger charge is -2.18. The molecule has 4 nitrogen and oxygen atoms in total. The SMILES string of the molecule is Nc1ccc2c(c1)S/C(=C/c1c[nH]c3ccccc13)C(=O)N2. The highest BCUT2D eigenvalue weighted by Crippen LogP contribution is 2.40. The molecule has 4 N–H and O–H groups in total. The van der Waals surface area contributed by atoms with E-state index in [4.69, 9.17) is 5.73 Å². The Bertz CT molecular complexity index is 927. The molecule has 108 valence electrons. The van der Waals surface area contributed by atoms with Crippen molar-refractivity contribution in [3.63, 3.8) is 0 Å². The summed E-state index contributed by atoms with van der Waals surface area (Å²) in [4.78, 5) is 17.1. The minimum Gasteiger partial charge on any atom is -0.399 e. The summed E-state index contributed by atoms with van der Waals surface area (Å²) >= 11 is 1.44. The number of hydrogen-bond acceptors (Lipinski definition) is 3. The molecule has 5 heteroatoms. The Morgan fingerprint density at radius 1 is 1.14 bits per heavy atom. The van der Waals surface area contributed by atoms with Crippen LogP contribution < -0.4 is 11.1 Å². The number of H-pyrrole nitrogens is 1. The summed E-state index contributed by atoms with van der Waals surface area (Å²) in [5.74, 6) is -0.0902. The van der Waals surface area contributed by atoms with Gasteiger partial charge < -0.3 is 16.0 Å². The quantitative estimate of drug-likeness (QED) is 0.472. The zero-order valence-electron chi connectivity index (χ0n) is 11.6. The van der Waals surface area contributed by atoms with Gasteiger partial charge in [-0.2, -0.15) is 0 Å². The van der Waals surface area contributed by atoms with Gasteiger partial charge in [0.25, 0.3) is 5.91 Å². The standard InChI is InChI=1S/C17H13N3OS/c18-11-5-6-14-15(8-11)22-16(17(21)20-14)7-10-9-19-13-4-2-1-3-12(10)13/h1-9,19H,18H2,(H,20,21)/b16-7+. The first kappa shape index (κ1) is 13.0. The number of nitrogens with two attached hydrogens (primary N) is 1. The van der Waals surface area contributed by atoms with Gasteiger partial charge >= 0.3 is 0 Å². The van der Waals surface area contributed by atoms with Crippen molar-refractivity contribution < 1.29 is 4.79 Å². The third-order valence-electron chi connectivity index (χ3n) is 3.61. The van der Waals surface area contributed by atoms with E-state index < -0.39 is 0 Å². The molecule has 0 bridgehead atoms. The molecule has 0 radical (unpaired) electrons. The summed E-state index contributed by atoms with van der Waals surface area (Å²) in [6.07, 6.45) is 3.82. The number of benzene rings is 2. The molecule has 0 unspecified atom stereocenters. The smallest absolute Gasteiger partial charge is 0.262 e. The Kier molecular flexibility index (Phi) is 2.94. The van der Waals surface area contributed by atoms with Crippen LogP contribution in [-0.4, -0.2) is 10.9 Å². The molecule has 3 aromatic rings. The minimum absolute atomic E-state index is 0.0902. The van der Waals surface area contributed by atoms with Crippen molar-refractivity contribution in [3.05, 3.63) is 59.1 Å². The van der Waals surface area contributed by atoms with Crippen LogP contribution in [0.1, 0.15) is 5.56 Å². The van der Waals surface area contributed by atoms with Crippen LogP contribution in [-0.2, 0) is 4.79 Å². The van der Waals surface area contributed by atoms with Crippen molar-refractivity contribution in [2.75, 3.05) is 11.1 Å². The molecular formula is C17H13N3OS. The zero-order valence-corrected chi connectivity index (χ0v) is 12.4. The predicted octanol–water partition coefficient (Wildman–Crippen LogP) is 3.84. The summed E-state index contributed by atoms with van der Waals surface area (Å²) < 4.78 is 0. The van der Waals surface area contributed by atoms with E-state index in [1.165, 1.54) is 11.8 Å². The number of nitrogen functional groups attached to an aromatic ring is 1. The average Bonchev–Trinajstić information content (AvgIpc) is 2.92. The third-order valence-corrected chi connectivity index (χ3v) is 4.69. The van der Waals surface area contributed by atoms with Crippen molar-refractivity contribution in [1.82, 2.24) is 4.98 Å². The van der Waals surface area contributed by atoms with Gasteiger partial charge in [0.2, 0.25) is 0 Å². The largest absolute Gasteiger partial charge is 0.399 e. The van der Waals surface area contributed by atoms with E-state index in [1.807, 2.05) is 48.7 Å². The topological polar surface area (TPSA) is 70.9 Å². The Hall–Kier alpha value is -2.66. The monoisotopic (exact) mass is 307 g/mol. The first-order chi connectivity index (χ1) is 10.7. The van der Waals surface area contributed by atoms with E-state index in [2.05, 4.69) is 10.3 Å². The second-order valence-corrected chi connectivity index (χ2v) is 6.19. The maximum Gasteiger partial charge on any atom is 0.262 e. The number of carbonyl (C=O) groups excluding carboxylic acids is 1. The minimum atomic E-state index is -0.0902. The summed E-state index contributed by atoms with van der Waals surface area (Å²) in [7, 11) is 0. The van der Waals surface area contributed by atoms with Crippen LogP contribution in [0.25, 0.3) is 17.0 Å². The van der Waals surface area contributed by atoms with Gasteiger partial charge in [-0.1, -0.05) is 30.0 Å². The van der Waals surface area contributed by atoms with Crippen LogP contribution in [0.2, 0.25) is 0 Å². The highest BCUT2D eigenvalue weighted by molar-refractivity contribution is 8.04. The highest BCUT2D eigenvalue weighted by atomic mass is 32.2. The molecule has 2 aromatic carbocycles. The molecule has 1 aromatic heterocycles. The second kappa shape index (κ2) is 4.96. The van der Waals surface area contributed by atoms with E-state index in [-0.39, 0.29) is 5.91 Å². The number of fused-ring (bicyclic) bond motifs is 2. The summed E-state index contributed by atoms with van der Waals surface area (Å²) in [6, 6.07) is 13.5. The molecule has 1 aliphatic heterocycles. The van der Waals surface area contributed by atoms with Crippen LogP contribution in [0, 0.1) is 0 Å². The maximum atomic E-state index is 12.3. The van der Waals surface area contributed by atoms with E-state index in [0.29, 0.717) is 10.6 Å². The van der Waals surface area contributed by atoms with Gasteiger partial charge in [0.05, 0.1) is 10.6 Å². The number of rotatable bonds is 1. The number of thioether (sulfide) groups is 1. The normalized spacial score (nSPS) is 15.8. The predicted molar refractivity (Wildman–Crippen MR) is 91.6 cm³/mol. The Labute approximate surface area is 131 Å². The number of amides is 1. The van der Waals surface area contributed by atoms with Gasteiger partial charge in [0, 0.05) is 33.2 Å². The molecule has 0 aliphatic carbocycles. The first-order valence-corrected chi connectivity index (χ1v) is 7.69. The van der Waals surface area contributed by atoms with Crippen LogP contribution in [0.3, 0.4) is 0 Å². The van der Waals surface area contributed by atoms with Gasteiger partial charge in [0.15, 0.2) is 0 Å². The fourth-order valence-corrected chi connectivity index (χ4v) is 3.52. The molecule has 4 rings (SSSR count). The summed E-state index contributed by atoms with van der Waals surface area (Å²) in [6.45, 7) is 0. The number of anilines is 2. The van der Waals surface area contributed by atoms with Crippen LogP contribution in [0.4, 0.5) is 11.4 Å². The van der Waals surface area contributed by atoms with Crippen molar-refractivity contribution >= 4 is 46.0 Å². The molecule has 1 aliphatic rings. The third kappa shape index (κ3) is 2.16. The number of para-hydroxylation sites is 1. The molecule has 0 spiro atoms. The molecule has 2 heterocycles. The lowest BCUT2D eigenvalue weighted by atomic mass is 10.1. The second-order valence-electron chi connectivity index (χ2n) is 5.11. The van der Waals surface area contributed by atoms with Gasteiger partial charge in [-0.15, -0.1) is 0 Å². The molecule has 0 fully saturated rings. The summed E-state index contributed by atoms with van der Waals surface area (Å²) in [5.41, 5.74) is 9.37. The van der Waals surface area contributed by atoms with Crippen LogP contribution in [0.5, 0.6) is 0 Å². The van der Waals surface area contributed by atoms with Gasteiger partial charge in [-0.05, 0) is 30.3 Å².